The number of nitrogens with zero attached hydrogens (tertiary/aromatic N) is 10. The molecule has 0 aromatic heterocycles. The molecular weight excluding hydrogens is 1180 g/mol. The number of hydrogen-bond acceptors (Lipinski definition) is 18. The van der Waals surface area contributed by atoms with Crippen LogP contribution in [-0.4, -0.2) is 163 Å². The number of nitrogen functional groups attached to an aromatic ring is 1. The second-order valence-electron chi connectivity index (χ2n) is 18.0. The number of carbonyl (C=O) groups is 3. The molecule has 0 saturated carbocycles. The number of amides is 1. The molecule has 34 heteroatoms. The fraction of sp³-hybridized carbons (Fsp3) is 0.429. The quantitative estimate of drug-likeness (QED) is 0.0375. The maximum Gasteiger partial charge on any atom is 1.00 e. The monoisotopic (exact) mass is 1240 g/mol. The fourth-order valence-electron chi connectivity index (χ4n) is 6.72. The van der Waals surface area contributed by atoms with Gasteiger partial charge < -0.3 is 56.7 Å². The molecule has 0 bridgehead atoms. The summed E-state index contributed by atoms with van der Waals surface area (Å²) in [4.78, 5) is 78.9. The van der Waals surface area contributed by atoms with Gasteiger partial charge in [0, 0.05) is 145 Å². The van der Waals surface area contributed by atoms with Gasteiger partial charge in [-0.1, -0.05) is 7.43 Å². The Hall–Kier alpha value is -5.41. The molecule has 83 heavy (non-hydrogen) atoms. The average Bonchev–Trinajstić information content (AvgIpc) is 3.59. The third-order valence-electron chi connectivity index (χ3n) is 10.8. The van der Waals surface area contributed by atoms with E-state index in [1.807, 2.05) is 22.9 Å². The zero-order chi connectivity index (χ0) is 60.7. The Bertz CT molecular complexity index is 2760. The molecule has 3 N–H and O–H groups in total. The minimum absolute atomic E-state index is 0. The molecule has 4 aromatic rings. The molecule has 3 saturated heterocycles. The number of ether oxygens (including phenoxy) is 1. The van der Waals surface area contributed by atoms with E-state index >= 15 is 0 Å². The smallest absolute Gasteiger partial charge is 1.00 e. The minimum Gasteiger partial charge on any atom is -1.00 e. The van der Waals surface area contributed by atoms with Gasteiger partial charge in [-0.15, -0.1) is 0 Å². The third kappa shape index (κ3) is 29.8. The molecule has 3 fully saturated rings. The second-order valence-corrected chi connectivity index (χ2v) is 18.0. The number of benzene rings is 4. The van der Waals surface area contributed by atoms with Crippen molar-refractivity contribution in [2.75, 3.05) is 113 Å². The van der Waals surface area contributed by atoms with Crippen LogP contribution in [0.2, 0.25) is 0 Å². The first-order valence-corrected chi connectivity index (χ1v) is 23.5. The Balaban J connectivity index is -0.000000972. The van der Waals surface area contributed by atoms with E-state index in [0.717, 1.165) is 89.2 Å². The molecule has 0 aliphatic carbocycles. The number of halogens is 8. The summed E-state index contributed by atoms with van der Waals surface area (Å²) in [5, 5.41) is 45.9. The van der Waals surface area contributed by atoms with Crippen LogP contribution < -0.4 is 123 Å². The zero-order valence-electron chi connectivity index (χ0n) is 46.9. The van der Waals surface area contributed by atoms with Crippen LogP contribution in [0.15, 0.2) is 72.8 Å². The number of piperazine rings is 3. The van der Waals surface area contributed by atoms with Crippen molar-refractivity contribution in [3.05, 3.63) is 138 Å². The van der Waals surface area contributed by atoms with Crippen LogP contribution >= 0.6 is 0 Å². The Morgan fingerprint density at radius 2 is 0.940 bits per heavy atom. The summed E-state index contributed by atoms with van der Waals surface area (Å²) < 4.78 is 102. The summed E-state index contributed by atoms with van der Waals surface area (Å²) in [6, 6.07) is 15.0. The van der Waals surface area contributed by atoms with E-state index in [9.17, 15) is 75.1 Å². The van der Waals surface area contributed by atoms with Crippen molar-refractivity contribution in [1.82, 2.24) is 14.7 Å². The topological polar surface area (TPSA) is 296 Å². The van der Waals surface area contributed by atoms with Crippen LogP contribution in [0.3, 0.4) is 0 Å². The van der Waals surface area contributed by atoms with E-state index in [1.54, 1.807) is 37.8 Å². The first kappa shape index (κ1) is 79.7. The van der Waals surface area contributed by atoms with Crippen molar-refractivity contribution in [3.8, 4) is 0 Å². The third-order valence-corrected chi connectivity index (χ3v) is 10.8. The molecular formula is C49H63F8K2N11O13. The van der Waals surface area contributed by atoms with Crippen LogP contribution in [0.4, 0.5) is 79.7 Å². The number of anilines is 4. The Morgan fingerprint density at radius 1 is 0.614 bits per heavy atom. The van der Waals surface area contributed by atoms with Crippen molar-refractivity contribution < 1.29 is 188 Å². The number of alkyl halides is 3. The van der Waals surface area contributed by atoms with Crippen LogP contribution in [0.1, 0.15) is 36.5 Å². The number of nitro benzene ring substituents is 3. The van der Waals surface area contributed by atoms with Gasteiger partial charge in [0.15, 0.2) is 0 Å². The number of aliphatic carboxylic acids is 1. The maximum atomic E-state index is 13.7. The fourth-order valence-corrected chi connectivity index (χ4v) is 6.72. The van der Waals surface area contributed by atoms with E-state index in [0.29, 0.717) is 43.6 Å². The van der Waals surface area contributed by atoms with Crippen LogP contribution in [0.25, 0.3) is 5.41 Å². The first-order valence-electron chi connectivity index (χ1n) is 23.5. The largest absolute Gasteiger partial charge is 1.00 e. The summed E-state index contributed by atoms with van der Waals surface area (Å²) >= 11 is 0. The number of nitrogens with two attached hydrogens (primary N) is 1. The van der Waals surface area contributed by atoms with Gasteiger partial charge in [-0.05, 0) is 71.3 Å². The molecule has 7 rings (SSSR count). The zero-order valence-corrected chi connectivity index (χ0v) is 52.2. The molecule has 3 aliphatic heterocycles. The molecule has 450 valence electrons. The van der Waals surface area contributed by atoms with E-state index in [1.165, 1.54) is 24.3 Å². The Kier molecular flexibility index (Phi) is 37.0. The molecule has 3 heterocycles. The van der Waals surface area contributed by atoms with E-state index in [-0.39, 0.29) is 136 Å². The summed E-state index contributed by atoms with van der Waals surface area (Å²) in [7, 11) is 4.13. The predicted molar refractivity (Wildman–Crippen MR) is 283 cm³/mol. The molecule has 0 atom stereocenters. The van der Waals surface area contributed by atoms with Crippen LogP contribution in [-0.2, 0) is 24.1 Å². The average molecular weight is 1240 g/mol. The Morgan fingerprint density at radius 3 is 1.22 bits per heavy atom. The van der Waals surface area contributed by atoms with Gasteiger partial charge in [0.2, 0.25) is 17.5 Å². The number of nitro groups is 3. The van der Waals surface area contributed by atoms with Gasteiger partial charge in [0.1, 0.15) is 17.2 Å². The van der Waals surface area contributed by atoms with E-state index in [4.69, 9.17) is 25.8 Å². The van der Waals surface area contributed by atoms with Crippen molar-refractivity contribution in [3.63, 3.8) is 0 Å². The number of carboxylic acids is 1. The molecule has 1 amide bonds. The minimum atomic E-state index is -5.08. The molecule has 4 aromatic carbocycles. The van der Waals surface area contributed by atoms with Gasteiger partial charge in [0.05, 0.1) is 20.5 Å². The standard InChI is InChI=1S/C15H20FN3O4.C11H14FN3O2.C11H16FN3.C6H3F2NO2.C3H4NO3.C2HF3O2.CH4.2K.H/c1-15(2,3)23-14(20)18-8-6-17(7-9-18)11-4-5-13(19(21)22)12(16)10-11;1-13-4-6-14(7-5-13)9-2-3-11(15(16)17)10(12)8-9;1-14-4-6-15(7-5-14)9-2-3-11(13)10(12)8-9;7-4-1-2-6(9(10)11)5(8)3-4;1-3(5)7-6-2-4;3-2(4,5)1(6)7;;;;/h4-5,10H,6-9H2,1-3H3;2-3,8H,4-7H2,1H3;2-3,8H,4-7,13H2,1H3;1-3H;2H,1H3;(H,6,7);1H4;;;/q;;;;-1;;;2*+1;-1. The Labute approximate surface area is 558 Å². The van der Waals surface area contributed by atoms with Gasteiger partial charge in [-0.3, -0.25) is 35.2 Å². The van der Waals surface area contributed by atoms with Crippen molar-refractivity contribution in [1.29, 1.82) is 0 Å². The number of rotatable bonds is 8. The molecule has 0 radical (unpaired) electrons. The van der Waals surface area contributed by atoms with Gasteiger partial charge in [0.25, 0.3) is 0 Å². The van der Waals surface area contributed by atoms with Gasteiger partial charge >= 0.3 is 144 Å². The summed E-state index contributed by atoms with van der Waals surface area (Å²) in [5.74, 6) is -7.30. The van der Waals surface area contributed by atoms with E-state index < -0.39 is 78.8 Å². The number of likely N-dealkylation sites (N-methyl/N-ethyl adjacent to an activating group) is 2. The van der Waals surface area contributed by atoms with Crippen molar-refractivity contribution in [2.45, 2.75) is 46.9 Å². The summed E-state index contributed by atoms with van der Waals surface area (Å²) in [6.07, 6.45) is -5.17. The first-order chi connectivity index (χ1) is 37.2. The van der Waals surface area contributed by atoms with Gasteiger partial charge in [-0.25, -0.2) is 23.2 Å². The number of carboxylic acid groups (broad SMARTS) is 1. The second kappa shape index (κ2) is 38.5. The van der Waals surface area contributed by atoms with Gasteiger partial charge in [-0.2, -0.15) is 26.3 Å². The predicted octanol–water partition coefficient (Wildman–Crippen LogP) is 2.78. The summed E-state index contributed by atoms with van der Waals surface area (Å²) in [6.45, 7) is 15.9. The van der Waals surface area contributed by atoms with Crippen molar-refractivity contribution >= 4 is 64.2 Å². The van der Waals surface area contributed by atoms with Crippen LogP contribution in [0, 0.1) is 59.4 Å². The molecule has 0 spiro atoms. The van der Waals surface area contributed by atoms with Crippen LogP contribution in [0.5, 0.6) is 0 Å². The normalized spacial score (nSPS) is 13.9. The SMILES string of the molecule is C.CC(=O)OOC=[N-].CC(C)(C)OC(=O)N1CCN(c2ccc([N+](=O)[O-])c(F)c2)CC1.CN1CCN(c2ccc(N)c(F)c2)CC1.CN1CCN(c2ccc([N+](=O)[O-])c(F)c2)CC1.O=C(O)C(F)(F)F.O=[N+]([O-])c1ccc(F)cc1F.[H-].[K+].[K+]. The van der Waals surface area contributed by atoms with Crippen molar-refractivity contribution in [2.24, 2.45) is 0 Å². The molecule has 24 nitrogen and oxygen atoms in total. The molecule has 0 unspecified atom stereocenters. The number of carbonyl (C=O) groups excluding carboxylic acids is 2. The number of hydrogen-bond donors (Lipinski definition) is 2. The summed E-state index contributed by atoms with van der Waals surface area (Å²) in [5.41, 5.74) is 5.58. The maximum absolute atomic E-state index is 13.7. The van der Waals surface area contributed by atoms with E-state index in [2.05, 4.69) is 31.5 Å². The molecule has 3 aliphatic rings.